The number of nitriles is 1. The lowest BCUT2D eigenvalue weighted by Gasteiger charge is -2.26. The van der Waals surface area contributed by atoms with Gasteiger partial charge in [-0.2, -0.15) is 9.94 Å². The van der Waals surface area contributed by atoms with Crippen molar-refractivity contribution in [3.8, 4) is 17.6 Å². The van der Waals surface area contributed by atoms with Gasteiger partial charge in [-0.1, -0.05) is 5.21 Å². The van der Waals surface area contributed by atoms with Gasteiger partial charge in [0.05, 0.1) is 19.0 Å². The van der Waals surface area contributed by atoms with E-state index in [9.17, 15) is 4.79 Å². The molecule has 1 aliphatic rings. The third-order valence-electron chi connectivity index (χ3n) is 3.73. The number of aromatic nitrogens is 7. The fourth-order valence-electron chi connectivity index (χ4n) is 2.50. The highest BCUT2D eigenvalue weighted by Gasteiger charge is 2.17. The summed E-state index contributed by atoms with van der Waals surface area (Å²) in [5.41, 5.74) is -0.0271. The molecule has 1 N–H and O–H groups in total. The molecule has 4 heterocycles. The molecule has 0 amide bonds. The number of H-pyrrole nitrogens is 1. The summed E-state index contributed by atoms with van der Waals surface area (Å²) in [7, 11) is 0. The molecule has 1 aliphatic heterocycles. The second-order valence-electron chi connectivity index (χ2n) is 5.34. The Kier molecular flexibility index (Phi) is 3.71. The van der Waals surface area contributed by atoms with Gasteiger partial charge in [0, 0.05) is 12.6 Å². The third-order valence-corrected chi connectivity index (χ3v) is 3.73. The van der Waals surface area contributed by atoms with Crippen LogP contribution in [0, 0.1) is 11.3 Å². The van der Waals surface area contributed by atoms with E-state index in [1.54, 1.807) is 11.1 Å². The van der Waals surface area contributed by atoms with Crippen LogP contribution in [0.25, 0.3) is 11.5 Å². The molecule has 25 heavy (non-hydrogen) atoms. The first-order valence-electron chi connectivity index (χ1n) is 7.62. The zero-order valence-electron chi connectivity index (χ0n) is 13.0. The molecule has 126 valence electrons. The summed E-state index contributed by atoms with van der Waals surface area (Å²) in [5, 5.41) is 20.8. The Morgan fingerprint density at radius 2 is 2.16 bits per heavy atom. The van der Waals surface area contributed by atoms with E-state index in [4.69, 9.17) is 10.1 Å². The van der Waals surface area contributed by atoms with E-state index >= 15 is 0 Å². The van der Waals surface area contributed by atoms with Crippen LogP contribution in [-0.2, 0) is 4.84 Å². The summed E-state index contributed by atoms with van der Waals surface area (Å²) in [4.78, 5) is 26.5. The molecule has 1 saturated heterocycles. The average Bonchev–Trinajstić information content (AvgIpc) is 3.29. The maximum Gasteiger partial charge on any atom is 0.298 e. The summed E-state index contributed by atoms with van der Waals surface area (Å²) in [6, 6.07) is 3.53. The lowest BCUT2D eigenvalue weighted by atomic mass is 10.3. The van der Waals surface area contributed by atoms with E-state index in [-0.39, 0.29) is 16.9 Å². The van der Waals surface area contributed by atoms with E-state index in [0.29, 0.717) is 18.2 Å². The zero-order chi connectivity index (χ0) is 17.2. The maximum absolute atomic E-state index is 12.6. The van der Waals surface area contributed by atoms with Crippen molar-refractivity contribution >= 4 is 5.82 Å². The van der Waals surface area contributed by atoms with Crippen molar-refractivity contribution in [3.05, 3.63) is 40.8 Å². The predicted octanol–water partition coefficient (Wildman–Crippen LogP) is -0.0602. The van der Waals surface area contributed by atoms with E-state index < -0.39 is 0 Å². The fraction of sp³-hybridized carbons (Fsp3) is 0.286. The SMILES string of the molecule is N#Cc1cn(-c2c[nH]n(-c3cc(N4CCCCO4)ncn3)c2=O)nn1. The number of hydroxylamine groups is 1. The Morgan fingerprint density at radius 3 is 2.92 bits per heavy atom. The van der Waals surface area contributed by atoms with Crippen molar-refractivity contribution in [2.24, 2.45) is 0 Å². The Bertz CT molecular complexity index is 990. The van der Waals surface area contributed by atoms with Gasteiger partial charge < -0.3 is 0 Å². The Labute approximate surface area is 141 Å². The lowest BCUT2D eigenvalue weighted by molar-refractivity contribution is 0.0761. The van der Waals surface area contributed by atoms with Crippen molar-refractivity contribution in [1.82, 2.24) is 34.7 Å². The summed E-state index contributed by atoms with van der Waals surface area (Å²) in [6.07, 6.45) is 6.24. The predicted molar refractivity (Wildman–Crippen MR) is 84.1 cm³/mol. The number of nitrogens with one attached hydrogen (secondary N) is 1. The van der Waals surface area contributed by atoms with Crippen LogP contribution in [0.5, 0.6) is 0 Å². The molecule has 1 fully saturated rings. The van der Waals surface area contributed by atoms with E-state index in [1.807, 2.05) is 6.07 Å². The van der Waals surface area contributed by atoms with E-state index in [1.165, 1.54) is 28.1 Å². The number of hydrogen-bond acceptors (Lipinski definition) is 8. The minimum absolute atomic E-state index is 0.124. The molecule has 3 aromatic heterocycles. The Hall–Kier alpha value is -3.52. The minimum atomic E-state index is -0.376. The third kappa shape index (κ3) is 2.74. The highest BCUT2D eigenvalue weighted by Crippen LogP contribution is 2.17. The largest absolute Gasteiger partial charge is 0.298 e. The zero-order valence-corrected chi connectivity index (χ0v) is 13.0. The van der Waals surface area contributed by atoms with Crippen LogP contribution >= 0.6 is 0 Å². The molecule has 3 aromatic rings. The van der Waals surface area contributed by atoms with E-state index in [0.717, 1.165) is 19.4 Å². The van der Waals surface area contributed by atoms with Crippen LogP contribution in [0.4, 0.5) is 5.82 Å². The first kappa shape index (κ1) is 15.0. The smallest absolute Gasteiger partial charge is 0.295 e. The maximum atomic E-state index is 12.6. The second-order valence-corrected chi connectivity index (χ2v) is 5.34. The fourth-order valence-corrected chi connectivity index (χ4v) is 2.50. The summed E-state index contributed by atoms with van der Waals surface area (Å²) in [5.74, 6) is 0.955. The topological polar surface area (TPSA) is 131 Å². The molecule has 0 atom stereocenters. The number of aromatic amines is 1. The summed E-state index contributed by atoms with van der Waals surface area (Å²) in [6.45, 7) is 1.37. The van der Waals surface area contributed by atoms with Crippen LogP contribution in [-0.4, -0.2) is 47.9 Å². The standard InChI is InChI=1S/C14H13N9O2/c15-6-10-8-21(20-19-10)11-7-18-23(14(11)24)13-5-12(16-9-17-13)22-3-1-2-4-25-22/h5,7-9,18H,1-4H2. The first-order valence-corrected chi connectivity index (χ1v) is 7.62. The van der Waals surface area contributed by atoms with Crippen LogP contribution in [0.15, 0.2) is 29.6 Å². The van der Waals surface area contributed by atoms with Crippen molar-refractivity contribution < 1.29 is 4.84 Å². The van der Waals surface area contributed by atoms with Gasteiger partial charge in [0.25, 0.3) is 5.56 Å². The van der Waals surface area contributed by atoms with Gasteiger partial charge in [-0.15, -0.1) is 5.10 Å². The number of anilines is 1. The quantitative estimate of drug-likeness (QED) is 0.702. The Balaban J connectivity index is 1.69. The summed E-state index contributed by atoms with van der Waals surface area (Å²) >= 11 is 0. The van der Waals surface area contributed by atoms with Gasteiger partial charge in [0.15, 0.2) is 23.0 Å². The minimum Gasteiger partial charge on any atom is -0.295 e. The van der Waals surface area contributed by atoms with Gasteiger partial charge in [0.1, 0.15) is 12.4 Å². The number of nitrogens with zero attached hydrogens (tertiary/aromatic N) is 8. The molecule has 11 nitrogen and oxygen atoms in total. The van der Waals surface area contributed by atoms with Gasteiger partial charge in [-0.3, -0.25) is 14.7 Å². The molecule has 0 aromatic carbocycles. The number of rotatable bonds is 3. The molecular weight excluding hydrogens is 326 g/mol. The lowest BCUT2D eigenvalue weighted by Crippen LogP contribution is -2.31. The molecule has 0 spiro atoms. The van der Waals surface area contributed by atoms with Crippen LogP contribution in [0.1, 0.15) is 18.5 Å². The highest BCUT2D eigenvalue weighted by molar-refractivity contribution is 5.42. The van der Waals surface area contributed by atoms with Crippen molar-refractivity contribution in [2.45, 2.75) is 12.8 Å². The van der Waals surface area contributed by atoms with Gasteiger partial charge in [-0.05, 0) is 12.8 Å². The molecule has 0 saturated carbocycles. The van der Waals surface area contributed by atoms with Gasteiger partial charge >= 0.3 is 0 Å². The van der Waals surface area contributed by atoms with Gasteiger partial charge in [0.2, 0.25) is 0 Å². The van der Waals surface area contributed by atoms with Crippen molar-refractivity contribution in [1.29, 1.82) is 5.26 Å². The number of hydrogen-bond donors (Lipinski definition) is 1. The monoisotopic (exact) mass is 339 g/mol. The molecule has 0 radical (unpaired) electrons. The molecule has 0 bridgehead atoms. The van der Waals surface area contributed by atoms with Crippen molar-refractivity contribution in [2.75, 3.05) is 18.2 Å². The molecular formula is C14H13N9O2. The molecule has 11 heteroatoms. The second kappa shape index (κ2) is 6.17. The normalized spacial score (nSPS) is 14.4. The van der Waals surface area contributed by atoms with Gasteiger partial charge in [-0.25, -0.2) is 19.7 Å². The Morgan fingerprint density at radius 1 is 1.28 bits per heavy atom. The highest BCUT2D eigenvalue weighted by atomic mass is 16.7. The average molecular weight is 339 g/mol. The summed E-state index contributed by atoms with van der Waals surface area (Å²) < 4.78 is 2.50. The molecule has 4 rings (SSSR count). The van der Waals surface area contributed by atoms with Crippen molar-refractivity contribution in [3.63, 3.8) is 0 Å². The van der Waals surface area contributed by atoms with Crippen LogP contribution < -0.4 is 10.6 Å². The van der Waals surface area contributed by atoms with Crippen LogP contribution in [0.2, 0.25) is 0 Å². The molecule has 0 unspecified atom stereocenters. The van der Waals surface area contributed by atoms with E-state index in [2.05, 4.69) is 25.4 Å². The molecule has 0 aliphatic carbocycles. The van der Waals surface area contributed by atoms with Crippen LogP contribution in [0.3, 0.4) is 0 Å². The first-order chi connectivity index (χ1) is 12.3.